The second-order valence-electron chi connectivity index (χ2n) is 5.20. The van der Waals surface area contributed by atoms with Crippen molar-refractivity contribution in [1.29, 1.82) is 0 Å². The molecule has 1 aliphatic rings. The predicted octanol–water partition coefficient (Wildman–Crippen LogP) is 4.70. The van der Waals surface area contributed by atoms with Gasteiger partial charge in [-0.05, 0) is 36.8 Å². The highest BCUT2D eigenvalue weighted by molar-refractivity contribution is 6.32. The van der Waals surface area contributed by atoms with Crippen LogP contribution in [0.1, 0.15) is 36.9 Å². The molecule has 0 aliphatic heterocycles. The van der Waals surface area contributed by atoms with Crippen LogP contribution in [0, 0.1) is 0 Å². The van der Waals surface area contributed by atoms with Gasteiger partial charge in [0.2, 0.25) is 0 Å². The molecule has 1 N–H and O–H groups in total. The van der Waals surface area contributed by atoms with Crippen LogP contribution in [0.2, 0.25) is 5.15 Å². The standard InChI is InChI=1S/C17H18ClN3/c18-17-16(19-11-13-7-3-1-4-8-13)15(20-12-21-17)14-9-5-2-6-10-14/h1,3-4,7-9,12,19H,2,5-6,10-11H2. The highest BCUT2D eigenvalue weighted by atomic mass is 35.5. The number of aromatic nitrogens is 2. The van der Waals surface area contributed by atoms with E-state index >= 15 is 0 Å². The molecule has 1 aliphatic carbocycles. The number of allylic oxidation sites excluding steroid dienone is 2. The summed E-state index contributed by atoms with van der Waals surface area (Å²) in [6, 6.07) is 10.3. The minimum absolute atomic E-state index is 0.488. The topological polar surface area (TPSA) is 37.8 Å². The molecule has 0 saturated carbocycles. The maximum Gasteiger partial charge on any atom is 0.156 e. The smallest absolute Gasteiger partial charge is 0.156 e. The van der Waals surface area contributed by atoms with E-state index in [2.05, 4.69) is 33.5 Å². The van der Waals surface area contributed by atoms with E-state index in [1.807, 2.05) is 18.2 Å². The van der Waals surface area contributed by atoms with Gasteiger partial charge in [0, 0.05) is 6.54 Å². The van der Waals surface area contributed by atoms with Crippen molar-refractivity contribution in [3.05, 3.63) is 59.1 Å². The lowest BCUT2D eigenvalue weighted by Crippen LogP contribution is -2.06. The number of halogens is 1. The zero-order valence-corrected chi connectivity index (χ0v) is 12.6. The maximum absolute atomic E-state index is 6.27. The van der Waals surface area contributed by atoms with Crippen molar-refractivity contribution >= 4 is 22.9 Å². The van der Waals surface area contributed by atoms with Gasteiger partial charge in [-0.25, -0.2) is 9.97 Å². The Kier molecular flexibility index (Phi) is 4.51. The largest absolute Gasteiger partial charge is 0.377 e. The number of hydrogen-bond acceptors (Lipinski definition) is 3. The van der Waals surface area contributed by atoms with Crippen LogP contribution in [0.15, 0.2) is 42.7 Å². The fourth-order valence-corrected chi connectivity index (χ4v) is 2.80. The molecule has 0 radical (unpaired) electrons. The molecule has 4 heteroatoms. The molecule has 2 aromatic rings. The SMILES string of the molecule is Clc1ncnc(C2=CCCCC2)c1NCc1ccccc1. The first-order chi connectivity index (χ1) is 10.3. The van der Waals surface area contributed by atoms with E-state index in [1.165, 1.54) is 24.0 Å². The second kappa shape index (κ2) is 6.72. The molecule has 108 valence electrons. The molecule has 3 nitrogen and oxygen atoms in total. The van der Waals surface area contributed by atoms with E-state index < -0.39 is 0 Å². The normalized spacial score (nSPS) is 14.6. The van der Waals surface area contributed by atoms with Gasteiger partial charge in [-0.15, -0.1) is 0 Å². The number of nitrogens with one attached hydrogen (secondary N) is 1. The van der Waals surface area contributed by atoms with Gasteiger partial charge in [0.05, 0.1) is 11.4 Å². The third kappa shape index (κ3) is 3.42. The fraction of sp³-hybridized carbons (Fsp3) is 0.294. The average molecular weight is 300 g/mol. The van der Waals surface area contributed by atoms with Gasteiger partial charge in [-0.2, -0.15) is 0 Å². The Morgan fingerprint density at radius 1 is 1.10 bits per heavy atom. The van der Waals surface area contributed by atoms with Gasteiger partial charge in [0.25, 0.3) is 0 Å². The lowest BCUT2D eigenvalue weighted by molar-refractivity contribution is 0.739. The van der Waals surface area contributed by atoms with E-state index in [4.69, 9.17) is 11.6 Å². The molecule has 3 rings (SSSR count). The van der Waals surface area contributed by atoms with Crippen molar-refractivity contribution in [2.24, 2.45) is 0 Å². The van der Waals surface area contributed by atoms with E-state index in [0.29, 0.717) is 11.7 Å². The molecule has 0 spiro atoms. The summed E-state index contributed by atoms with van der Waals surface area (Å²) in [5.41, 5.74) is 4.28. The zero-order valence-electron chi connectivity index (χ0n) is 11.8. The van der Waals surface area contributed by atoms with Crippen LogP contribution >= 0.6 is 11.6 Å². The average Bonchev–Trinajstić information content (AvgIpc) is 2.55. The van der Waals surface area contributed by atoms with E-state index in [0.717, 1.165) is 24.2 Å². The Bertz CT molecular complexity index is 638. The van der Waals surface area contributed by atoms with Crippen LogP contribution in [0.3, 0.4) is 0 Å². The molecular weight excluding hydrogens is 282 g/mol. The third-order valence-corrected chi connectivity index (χ3v) is 3.99. The monoisotopic (exact) mass is 299 g/mol. The molecule has 0 saturated heterocycles. The van der Waals surface area contributed by atoms with E-state index in [-0.39, 0.29) is 0 Å². The molecule has 0 unspecified atom stereocenters. The van der Waals surface area contributed by atoms with Crippen LogP contribution in [0.5, 0.6) is 0 Å². The van der Waals surface area contributed by atoms with Crippen molar-refractivity contribution in [3.8, 4) is 0 Å². The summed E-state index contributed by atoms with van der Waals surface area (Å²) >= 11 is 6.27. The summed E-state index contributed by atoms with van der Waals surface area (Å²) in [5, 5.41) is 3.89. The quantitative estimate of drug-likeness (QED) is 0.832. The number of anilines is 1. The molecular formula is C17H18ClN3. The summed E-state index contributed by atoms with van der Waals surface area (Å²) in [6.45, 7) is 0.716. The van der Waals surface area contributed by atoms with Gasteiger partial charge in [-0.1, -0.05) is 48.0 Å². The summed E-state index contributed by atoms with van der Waals surface area (Å²) in [4.78, 5) is 8.56. The first-order valence-electron chi connectivity index (χ1n) is 7.32. The van der Waals surface area contributed by atoms with Gasteiger partial charge in [0.15, 0.2) is 5.15 Å². The molecule has 1 aromatic heterocycles. The number of nitrogens with zero attached hydrogens (tertiary/aromatic N) is 2. The van der Waals surface area contributed by atoms with Gasteiger partial charge < -0.3 is 5.32 Å². The summed E-state index contributed by atoms with van der Waals surface area (Å²) in [5.74, 6) is 0. The van der Waals surface area contributed by atoms with E-state index in [9.17, 15) is 0 Å². The molecule has 1 heterocycles. The van der Waals surface area contributed by atoms with Crippen molar-refractivity contribution in [1.82, 2.24) is 9.97 Å². The lowest BCUT2D eigenvalue weighted by Gasteiger charge is -2.17. The van der Waals surface area contributed by atoms with Crippen LogP contribution in [0.25, 0.3) is 5.57 Å². The number of rotatable bonds is 4. The first-order valence-corrected chi connectivity index (χ1v) is 7.70. The second-order valence-corrected chi connectivity index (χ2v) is 5.56. The van der Waals surface area contributed by atoms with Gasteiger partial charge in [0.1, 0.15) is 6.33 Å². The summed E-state index contributed by atoms with van der Waals surface area (Å²) < 4.78 is 0. The minimum Gasteiger partial charge on any atom is -0.377 e. The van der Waals surface area contributed by atoms with Gasteiger partial charge in [-0.3, -0.25) is 0 Å². The van der Waals surface area contributed by atoms with Crippen LogP contribution < -0.4 is 5.32 Å². The van der Waals surface area contributed by atoms with Crippen LogP contribution in [-0.4, -0.2) is 9.97 Å². The van der Waals surface area contributed by atoms with Crippen molar-refractivity contribution in [2.45, 2.75) is 32.2 Å². The number of benzene rings is 1. The van der Waals surface area contributed by atoms with Crippen LogP contribution in [0.4, 0.5) is 5.69 Å². The van der Waals surface area contributed by atoms with Crippen LogP contribution in [-0.2, 0) is 6.54 Å². The Morgan fingerprint density at radius 3 is 2.71 bits per heavy atom. The third-order valence-electron chi connectivity index (χ3n) is 3.71. The van der Waals surface area contributed by atoms with E-state index in [1.54, 1.807) is 6.33 Å². The molecule has 0 bridgehead atoms. The fourth-order valence-electron chi connectivity index (χ4n) is 2.60. The molecule has 0 fully saturated rings. The van der Waals surface area contributed by atoms with Crippen molar-refractivity contribution in [2.75, 3.05) is 5.32 Å². The predicted molar refractivity (Wildman–Crippen MR) is 87.3 cm³/mol. The minimum atomic E-state index is 0.488. The Labute approximate surface area is 130 Å². The highest BCUT2D eigenvalue weighted by Gasteiger charge is 2.15. The number of hydrogen-bond donors (Lipinski definition) is 1. The Hall–Kier alpha value is -1.87. The van der Waals surface area contributed by atoms with Crippen molar-refractivity contribution in [3.63, 3.8) is 0 Å². The maximum atomic E-state index is 6.27. The summed E-state index contributed by atoms with van der Waals surface area (Å²) in [6.07, 6.45) is 8.47. The molecule has 0 amide bonds. The summed E-state index contributed by atoms with van der Waals surface area (Å²) in [7, 11) is 0. The molecule has 0 atom stereocenters. The van der Waals surface area contributed by atoms with Crippen molar-refractivity contribution < 1.29 is 0 Å². The molecule has 21 heavy (non-hydrogen) atoms. The Morgan fingerprint density at radius 2 is 1.95 bits per heavy atom. The zero-order chi connectivity index (χ0) is 14.5. The highest BCUT2D eigenvalue weighted by Crippen LogP contribution is 2.33. The lowest BCUT2D eigenvalue weighted by atomic mass is 9.96. The Balaban J connectivity index is 1.85. The first kappa shape index (κ1) is 14.1. The van der Waals surface area contributed by atoms with Gasteiger partial charge >= 0.3 is 0 Å². The molecule has 1 aromatic carbocycles.